The molecule has 0 unspecified atom stereocenters. The third-order valence-corrected chi connectivity index (χ3v) is 3.02. The molecular weight excluding hydrogens is 264 g/mol. The summed E-state index contributed by atoms with van der Waals surface area (Å²) in [7, 11) is 0. The molecule has 0 radical (unpaired) electrons. The molecule has 1 aromatic heterocycles. The highest BCUT2D eigenvalue weighted by Crippen LogP contribution is 2.05. The minimum Gasteiger partial charge on any atom is -0.365 e. The van der Waals surface area contributed by atoms with Crippen LogP contribution in [0.4, 0.5) is 5.82 Å². The number of hydrogen-bond donors (Lipinski definition) is 2. The molecule has 0 aliphatic carbocycles. The van der Waals surface area contributed by atoms with E-state index >= 15 is 0 Å². The van der Waals surface area contributed by atoms with Gasteiger partial charge >= 0.3 is 0 Å². The van der Waals surface area contributed by atoms with Gasteiger partial charge in [-0.25, -0.2) is 9.97 Å². The molecule has 1 aromatic carbocycles. The van der Waals surface area contributed by atoms with Crippen LogP contribution in [0.15, 0.2) is 42.7 Å². The lowest BCUT2D eigenvalue weighted by Gasteiger charge is -2.06. The molecular formula is C16H20N4O. The first-order valence-electron chi connectivity index (χ1n) is 7.17. The second-order valence-electron chi connectivity index (χ2n) is 4.74. The summed E-state index contributed by atoms with van der Waals surface area (Å²) in [5.74, 6) is 0.481. The van der Waals surface area contributed by atoms with E-state index in [-0.39, 0.29) is 5.91 Å². The summed E-state index contributed by atoms with van der Waals surface area (Å²) in [6.07, 6.45) is 5.09. The van der Waals surface area contributed by atoms with Gasteiger partial charge in [-0.1, -0.05) is 43.7 Å². The first kappa shape index (κ1) is 15.0. The van der Waals surface area contributed by atoms with Crippen LogP contribution in [-0.2, 0) is 6.54 Å². The maximum absolute atomic E-state index is 11.8. The highest BCUT2D eigenvalue weighted by atomic mass is 16.1. The molecule has 0 bridgehead atoms. The van der Waals surface area contributed by atoms with Gasteiger partial charge in [0.1, 0.15) is 11.5 Å². The topological polar surface area (TPSA) is 66.9 Å². The molecule has 0 fully saturated rings. The van der Waals surface area contributed by atoms with Crippen LogP contribution in [0.25, 0.3) is 0 Å². The predicted octanol–water partition coefficient (Wildman–Crippen LogP) is 2.62. The Labute approximate surface area is 124 Å². The smallest absolute Gasteiger partial charge is 0.271 e. The van der Waals surface area contributed by atoms with E-state index in [1.807, 2.05) is 30.3 Å². The highest BCUT2D eigenvalue weighted by molar-refractivity contribution is 5.91. The van der Waals surface area contributed by atoms with Crippen molar-refractivity contribution >= 4 is 11.7 Å². The summed E-state index contributed by atoms with van der Waals surface area (Å²) in [6.45, 7) is 3.43. The zero-order valence-electron chi connectivity index (χ0n) is 12.2. The van der Waals surface area contributed by atoms with Crippen molar-refractivity contribution in [3.8, 4) is 0 Å². The van der Waals surface area contributed by atoms with Gasteiger partial charge < -0.3 is 10.6 Å². The Balaban J connectivity index is 1.85. The lowest BCUT2D eigenvalue weighted by Crippen LogP contribution is -2.25. The number of rotatable bonds is 7. The zero-order valence-corrected chi connectivity index (χ0v) is 12.2. The van der Waals surface area contributed by atoms with Crippen molar-refractivity contribution in [1.82, 2.24) is 15.3 Å². The molecule has 0 aliphatic rings. The fraction of sp³-hybridized carbons (Fsp3) is 0.312. The van der Waals surface area contributed by atoms with E-state index in [0.29, 0.717) is 24.6 Å². The maximum atomic E-state index is 11.8. The van der Waals surface area contributed by atoms with Crippen molar-refractivity contribution in [2.24, 2.45) is 0 Å². The molecule has 5 heteroatoms. The van der Waals surface area contributed by atoms with Crippen molar-refractivity contribution in [3.05, 3.63) is 54.0 Å². The van der Waals surface area contributed by atoms with Gasteiger partial charge in [0, 0.05) is 13.1 Å². The number of nitrogens with one attached hydrogen (secondary N) is 2. The molecule has 1 amide bonds. The van der Waals surface area contributed by atoms with Crippen molar-refractivity contribution in [3.63, 3.8) is 0 Å². The first-order chi connectivity index (χ1) is 10.3. The van der Waals surface area contributed by atoms with Gasteiger partial charge in [-0.3, -0.25) is 4.79 Å². The van der Waals surface area contributed by atoms with Crippen molar-refractivity contribution in [2.75, 3.05) is 11.9 Å². The van der Waals surface area contributed by atoms with Crippen LogP contribution in [0.1, 0.15) is 35.8 Å². The molecule has 0 saturated carbocycles. The van der Waals surface area contributed by atoms with E-state index in [2.05, 4.69) is 27.5 Å². The van der Waals surface area contributed by atoms with Gasteiger partial charge in [0.05, 0.1) is 12.4 Å². The lowest BCUT2D eigenvalue weighted by atomic mass is 10.2. The van der Waals surface area contributed by atoms with E-state index in [1.54, 1.807) is 6.20 Å². The number of nitrogens with zero attached hydrogens (tertiary/aromatic N) is 2. The summed E-state index contributed by atoms with van der Waals surface area (Å²) in [5.41, 5.74) is 1.51. The van der Waals surface area contributed by atoms with E-state index in [4.69, 9.17) is 0 Å². The Hall–Kier alpha value is -2.43. The van der Waals surface area contributed by atoms with Gasteiger partial charge in [-0.2, -0.15) is 0 Å². The van der Waals surface area contributed by atoms with Gasteiger partial charge in [0.25, 0.3) is 5.91 Å². The fourth-order valence-electron chi connectivity index (χ4n) is 1.79. The number of amides is 1. The molecule has 0 aliphatic heterocycles. The van der Waals surface area contributed by atoms with Crippen molar-refractivity contribution in [2.45, 2.75) is 26.3 Å². The Morgan fingerprint density at radius 1 is 1.14 bits per heavy atom. The average Bonchev–Trinajstić information content (AvgIpc) is 2.54. The molecule has 2 N–H and O–H groups in total. The van der Waals surface area contributed by atoms with Gasteiger partial charge in [-0.15, -0.1) is 0 Å². The van der Waals surface area contributed by atoms with Crippen LogP contribution in [0.3, 0.4) is 0 Å². The van der Waals surface area contributed by atoms with E-state index in [0.717, 1.165) is 12.8 Å². The molecule has 0 spiro atoms. The van der Waals surface area contributed by atoms with Crippen LogP contribution in [0.2, 0.25) is 0 Å². The van der Waals surface area contributed by atoms with Crippen LogP contribution in [-0.4, -0.2) is 22.4 Å². The van der Waals surface area contributed by atoms with Crippen LogP contribution in [0.5, 0.6) is 0 Å². The Kier molecular flexibility index (Phi) is 5.70. The molecule has 2 rings (SSSR count). The summed E-state index contributed by atoms with van der Waals surface area (Å²) >= 11 is 0. The van der Waals surface area contributed by atoms with E-state index in [9.17, 15) is 4.79 Å². The van der Waals surface area contributed by atoms with Gasteiger partial charge in [-0.05, 0) is 12.0 Å². The van der Waals surface area contributed by atoms with Crippen LogP contribution in [0, 0.1) is 0 Å². The average molecular weight is 284 g/mol. The van der Waals surface area contributed by atoms with Crippen molar-refractivity contribution < 1.29 is 4.79 Å². The quantitative estimate of drug-likeness (QED) is 0.767. The normalized spacial score (nSPS) is 10.1. The Morgan fingerprint density at radius 3 is 2.62 bits per heavy atom. The molecule has 2 aromatic rings. The molecule has 21 heavy (non-hydrogen) atoms. The Morgan fingerprint density at radius 2 is 1.95 bits per heavy atom. The lowest BCUT2D eigenvalue weighted by molar-refractivity contribution is 0.0948. The van der Waals surface area contributed by atoms with E-state index < -0.39 is 0 Å². The number of anilines is 1. The van der Waals surface area contributed by atoms with Crippen LogP contribution < -0.4 is 10.6 Å². The van der Waals surface area contributed by atoms with E-state index in [1.165, 1.54) is 11.8 Å². The number of benzene rings is 1. The monoisotopic (exact) mass is 284 g/mol. The zero-order chi connectivity index (χ0) is 14.9. The first-order valence-corrected chi connectivity index (χ1v) is 7.17. The highest BCUT2D eigenvalue weighted by Gasteiger charge is 2.06. The number of unbranched alkanes of at least 4 members (excludes halogenated alkanes) is 1. The molecule has 0 atom stereocenters. The molecule has 0 saturated heterocycles. The third-order valence-electron chi connectivity index (χ3n) is 3.02. The second kappa shape index (κ2) is 7.99. The SMILES string of the molecule is CCCCNC(=O)c1cnc(NCc2ccccc2)cn1. The molecule has 110 valence electrons. The largest absolute Gasteiger partial charge is 0.365 e. The van der Waals surface area contributed by atoms with Gasteiger partial charge in [0.2, 0.25) is 0 Å². The van der Waals surface area contributed by atoms with Crippen molar-refractivity contribution in [1.29, 1.82) is 0 Å². The fourth-order valence-corrected chi connectivity index (χ4v) is 1.79. The number of hydrogen-bond acceptors (Lipinski definition) is 4. The third kappa shape index (κ3) is 4.87. The van der Waals surface area contributed by atoms with Crippen LogP contribution >= 0.6 is 0 Å². The minimum atomic E-state index is -0.175. The summed E-state index contributed by atoms with van der Waals surface area (Å²) in [5, 5.41) is 5.99. The standard InChI is InChI=1S/C16H20N4O/c1-2-3-9-17-16(21)14-11-20-15(12-18-14)19-10-13-7-5-4-6-8-13/h4-8,11-12H,2-3,9-10H2,1H3,(H,17,21)(H,19,20). The predicted molar refractivity (Wildman–Crippen MR) is 83.0 cm³/mol. The number of carbonyl (C=O) groups excluding carboxylic acids is 1. The summed E-state index contributed by atoms with van der Waals surface area (Å²) < 4.78 is 0. The summed E-state index contributed by atoms with van der Waals surface area (Å²) in [6, 6.07) is 10.0. The van der Waals surface area contributed by atoms with Gasteiger partial charge in [0.15, 0.2) is 0 Å². The summed E-state index contributed by atoms with van der Waals surface area (Å²) in [4.78, 5) is 20.1. The molecule has 5 nitrogen and oxygen atoms in total. The molecule has 1 heterocycles. The number of carbonyl (C=O) groups is 1. The minimum absolute atomic E-state index is 0.175. The second-order valence-corrected chi connectivity index (χ2v) is 4.74. The maximum Gasteiger partial charge on any atom is 0.271 e. The number of aromatic nitrogens is 2. The Bertz CT molecular complexity index is 554.